The number of hydrogen-bond donors (Lipinski definition) is 1. The lowest BCUT2D eigenvalue weighted by Gasteiger charge is -2.26. The molecule has 22 heavy (non-hydrogen) atoms. The van der Waals surface area contributed by atoms with E-state index in [4.69, 9.17) is 16.3 Å². The minimum absolute atomic E-state index is 0.0344. The lowest BCUT2D eigenvalue weighted by atomic mass is 9.83. The van der Waals surface area contributed by atoms with Crippen LogP contribution in [0, 0.1) is 5.82 Å². The summed E-state index contributed by atoms with van der Waals surface area (Å²) in [7, 11) is 1.56. The second kappa shape index (κ2) is 6.36. The average molecular weight is 322 g/mol. The van der Waals surface area contributed by atoms with Crippen molar-refractivity contribution >= 4 is 23.2 Å². The monoisotopic (exact) mass is 321 g/mol. The van der Waals surface area contributed by atoms with Gasteiger partial charge in [-0.2, -0.15) is 0 Å². The molecule has 0 aliphatic carbocycles. The number of para-hydroxylation sites is 1. The van der Waals surface area contributed by atoms with Crippen molar-refractivity contribution in [2.45, 2.75) is 19.3 Å². The molecule has 0 spiro atoms. The summed E-state index contributed by atoms with van der Waals surface area (Å²) in [5.74, 6) is -0.122. The number of methoxy groups -OCH3 is 1. The van der Waals surface area contributed by atoms with Gasteiger partial charge >= 0.3 is 0 Å². The summed E-state index contributed by atoms with van der Waals surface area (Å²) in [5, 5.41) is 2.72. The van der Waals surface area contributed by atoms with Gasteiger partial charge < -0.3 is 10.1 Å². The zero-order valence-electron chi connectivity index (χ0n) is 12.6. The molecule has 0 fully saturated rings. The Labute approximate surface area is 134 Å². The van der Waals surface area contributed by atoms with Gasteiger partial charge in [-0.3, -0.25) is 4.79 Å². The van der Waals surface area contributed by atoms with Gasteiger partial charge in [0.25, 0.3) is 0 Å². The van der Waals surface area contributed by atoms with Crippen LogP contribution in [-0.2, 0) is 10.2 Å². The van der Waals surface area contributed by atoms with Crippen LogP contribution in [0.15, 0.2) is 42.5 Å². The third kappa shape index (κ3) is 3.22. The zero-order valence-corrected chi connectivity index (χ0v) is 13.4. The third-order valence-corrected chi connectivity index (χ3v) is 3.82. The number of ether oxygens (including phenoxy) is 1. The molecule has 0 heterocycles. The Morgan fingerprint density at radius 3 is 2.55 bits per heavy atom. The first-order valence-electron chi connectivity index (χ1n) is 6.76. The summed E-state index contributed by atoms with van der Waals surface area (Å²) in [6, 6.07) is 11.4. The summed E-state index contributed by atoms with van der Waals surface area (Å²) in [4.78, 5) is 12.6. The Kier molecular flexibility index (Phi) is 4.71. The largest absolute Gasteiger partial charge is 0.496 e. The number of nitrogens with one attached hydrogen (secondary N) is 1. The van der Waals surface area contributed by atoms with E-state index in [9.17, 15) is 9.18 Å². The van der Waals surface area contributed by atoms with Gasteiger partial charge in [0, 0.05) is 11.3 Å². The standard InChI is InChI=1S/C17H17ClFNO2/c1-17(2,12-6-4-5-7-15(12)22-3)16(21)20-11-8-9-14(19)13(18)10-11/h4-10H,1-3H3,(H,20,21). The first-order valence-corrected chi connectivity index (χ1v) is 7.14. The molecule has 0 atom stereocenters. The minimum atomic E-state index is -0.826. The molecule has 0 bridgehead atoms. The molecular formula is C17H17ClFNO2. The number of amides is 1. The van der Waals surface area contributed by atoms with Gasteiger partial charge in [0.1, 0.15) is 11.6 Å². The van der Waals surface area contributed by atoms with E-state index in [-0.39, 0.29) is 10.9 Å². The van der Waals surface area contributed by atoms with Gasteiger partial charge in [0.05, 0.1) is 17.5 Å². The lowest BCUT2D eigenvalue weighted by molar-refractivity contribution is -0.120. The molecule has 0 aliphatic rings. The van der Waals surface area contributed by atoms with Crippen LogP contribution >= 0.6 is 11.6 Å². The maximum absolute atomic E-state index is 13.2. The molecule has 1 N–H and O–H groups in total. The van der Waals surface area contributed by atoms with Crippen LogP contribution in [0.3, 0.4) is 0 Å². The number of benzene rings is 2. The van der Waals surface area contributed by atoms with E-state index in [1.54, 1.807) is 27.0 Å². The van der Waals surface area contributed by atoms with Crippen LogP contribution < -0.4 is 10.1 Å². The van der Waals surface area contributed by atoms with Crippen molar-refractivity contribution in [1.29, 1.82) is 0 Å². The highest BCUT2D eigenvalue weighted by Gasteiger charge is 2.32. The van der Waals surface area contributed by atoms with Gasteiger partial charge in [0.2, 0.25) is 5.91 Å². The Morgan fingerprint density at radius 2 is 1.91 bits per heavy atom. The number of rotatable bonds is 4. The molecule has 2 aromatic rings. The third-order valence-electron chi connectivity index (χ3n) is 3.53. The predicted molar refractivity (Wildman–Crippen MR) is 86.1 cm³/mol. The molecule has 0 unspecified atom stereocenters. The van der Waals surface area contributed by atoms with E-state index in [1.807, 2.05) is 18.2 Å². The number of carbonyl (C=O) groups excluding carboxylic acids is 1. The van der Waals surface area contributed by atoms with Gasteiger partial charge in [-0.05, 0) is 38.1 Å². The Hall–Kier alpha value is -2.07. The van der Waals surface area contributed by atoms with Crippen molar-refractivity contribution in [3.63, 3.8) is 0 Å². The van der Waals surface area contributed by atoms with Crippen LogP contribution in [0.2, 0.25) is 5.02 Å². The van der Waals surface area contributed by atoms with E-state index in [0.717, 1.165) is 5.56 Å². The second-order valence-electron chi connectivity index (χ2n) is 5.41. The number of carbonyl (C=O) groups is 1. The summed E-state index contributed by atoms with van der Waals surface area (Å²) >= 11 is 5.73. The van der Waals surface area contributed by atoms with Crippen LogP contribution in [-0.4, -0.2) is 13.0 Å². The molecule has 1 amide bonds. The fourth-order valence-electron chi connectivity index (χ4n) is 2.14. The first-order chi connectivity index (χ1) is 10.4. The summed E-state index contributed by atoms with van der Waals surface area (Å²) in [6.45, 7) is 3.59. The van der Waals surface area contributed by atoms with E-state index in [0.29, 0.717) is 11.4 Å². The van der Waals surface area contributed by atoms with Gasteiger partial charge in [-0.25, -0.2) is 4.39 Å². The number of halogens is 2. The molecule has 116 valence electrons. The topological polar surface area (TPSA) is 38.3 Å². The molecule has 2 aromatic carbocycles. The molecule has 0 aliphatic heterocycles. The SMILES string of the molecule is COc1ccccc1C(C)(C)C(=O)Nc1ccc(F)c(Cl)c1. The smallest absolute Gasteiger partial charge is 0.234 e. The second-order valence-corrected chi connectivity index (χ2v) is 5.82. The molecule has 2 rings (SSSR count). The molecule has 3 nitrogen and oxygen atoms in total. The molecule has 0 saturated carbocycles. The van der Waals surface area contributed by atoms with Crippen LogP contribution in [0.1, 0.15) is 19.4 Å². The van der Waals surface area contributed by atoms with E-state index in [2.05, 4.69) is 5.32 Å². The van der Waals surface area contributed by atoms with Gasteiger partial charge in [-0.15, -0.1) is 0 Å². The fraction of sp³-hybridized carbons (Fsp3) is 0.235. The Balaban J connectivity index is 2.28. The highest BCUT2D eigenvalue weighted by Crippen LogP contribution is 2.32. The maximum Gasteiger partial charge on any atom is 0.234 e. The molecule has 0 aromatic heterocycles. The lowest BCUT2D eigenvalue weighted by Crippen LogP contribution is -2.35. The van der Waals surface area contributed by atoms with Gasteiger partial charge in [0.15, 0.2) is 0 Å². The minimum Gasteiger partial charge on any atom is -0.496 e. The number of anilines is 1. The summed E-state index contributed by atoms with van der Waals surface area (Å²) < 4.78 is 18.5. The molecule has 0 radical (unpaired) electrons. The van der Waals surface area contributed by atoms with Crippen molar-refractivity contribution in [3.05, 3.63) is 58.9 Å². The van der Waals surface area contributed by atoms with E-state index >= 15 is 0 Å². The normalized spacial score (nSPS) is 11.1. The van der Waals surface area contributed by atoms with Crippen LogP contribution in [0.25, 0.3) is 0 Å². The van der Waals surface area contributed by atoms with Crippen molar-refractivity contribution in [2.75, 3.05) is 12.4 Å². The van der Waals surface area contributed by atoms with Crippen molar-refractivity contribution in [2.24, 2.45) is 0 Å². The number of hydrogen-bond acceptors (Lipinski definition) is 2. The van der Waals surface area contributed by atoms with Crippen LogP contribution in [0.5, 0.6) is 5.75 Å². The average Bonchev–Trinajstić information content (AvgIpc) is 2.50. The zero-order chi connectivity index (χ0) is 16.3. The fourth-order valence-corrected chi connectivity index (χ4v) is 2.33. The summed E-state index contributed by atoms with van der Waals surface area (Å²) in [6.07, 6.45) is 0. The van der Waals surface area contributed by atoms with Crippen molar-refractivity contribution in [3.8, 4) is 5.75 Å². The molecule has 0 saturated heterocycles. The summed E-state index contributed by atoms with van der Waals surface area (Å²) in [5.41, 5.74) is 0.385. The van der Waals surface area contributed by atoms with E-state index < -0.39 is 11.2 Å². The maximum atomic E-state index is 13.2. The van der Waals surface area contributed by atoms with Crippen molar-refractivity contribution in [1.82, 2.24) is 0 Å². The predicted octanol–water partition coefficient (Wildman–Crippen LogP) is 4.40. The first kappa shape index (κ1) is 16.3. The Bertz CT molecular complexity index is 701. The highest BCUT2D eigenvalue weighted by molar-refractivity contribution is 6.31. The highest BCUT2D eigenvalue weighted by atomic mass is 35.5. The Morgan fingerprint density at radius 1 is 1.23 bits per heavy atom. The molecule has 5 heteroatoms. The molecular weight excluding hydrogens is 305 g/mol. The van der Waals surface area contributed by atoms with Crippen molar-refractivity contribution < 1.29 is 13.9 Å². The van der Waals surface area contributed by atoms with E-state index in [1.165, 1.54) is 18.2 Å². The quantitative estimate of drug-likeness (QED) is 0.906. The van der Waals surface area contributed by atoms with Gasteiger partial charge in [-0.1, -0.05) is 29.8 Å². The van der Waals surface area contributed by atoms with Crippen LogP contribution in [0.4, 0.5) is 10.1 Å².